The molecule has 0 saturated carbocycles. The van der Waals surface area contributed by atoms with E-state index < -0.39 is 0 Å². The molecule has 1 aromatic rings. The molecule has 19 heavy (non-hydrogen) atoms. The van der Waals surface area contributed by atoms with Crippen molar-refractivity contribution in [2.24, 2.45) is 5.73 Å². The number of nitrogens with two attached hydrogens (primary N) is 1. The molecule has 1 saturated heterocycles. The van der Waals surface area contributed by atoms with Gasteiger partial charge in [0.25, 0.3) is 0 Å². The zero-order chi connectivity index (χ0) is 13.7. The van der Waals surface area contributed by atoms with Gasteiger partial charge in [0.1, 0.15) is 12.4 Å². The second kappa shape index (κ2) is 6.64. The van der Waals surface area contributed by atoms with Gasteiger partial charge in [0.15, 0.2) is 0 Å². The van der Waals surface area contributed by atoms with E-state index in [0.717, 1.165) is 31.0 Å². The molecule has 1 fully saturated rings. The first kappa shape index (κ1) is 14.7. The number of thioether (sulfide) groups is 1. The molecular weight excluding hydrogens is 256 g/mol. The van der Waals surface area contributed by atoms with Gasteiger partial charge in [-0.2, -0.15) is 11.8 Å². The Labute approximate surface area is 120 Å². The van der Waals surface area contributed by atoms with Crippen LogP contribution in [0.25, 0.3) is 0 Å². The Morgan fingerprint density at radius 1 is 1.42 bits per heavy atom. The molecule has 1 aliphatic rings. The first-order chi connectivity index (χ1) is 9.09. The fraction of sp³-hybridized carbons (Fsp3) is 0.600. The Balaban J connectivity index is 1.76. The van der Waals surface area contributed by atoms with Crippen LogP contribution in [0.15, 0.2) is 24.3 Å². The van der Waals surface area contributed by atoms with Crippen LogP contribution < -0.4 is 10.5 Å². The summed E-state index contributed by atoms with van der Waals surface area (Å²) < 4.78 is 6.19. The standard InChI is InChI=1S/C15H24N2OS/c1-15(2)12-17(7-9-19-15)6-8-18-14-5-3-4-13(10-14)11-16/h3-5,10H,6-9,11-12,16H2,1-2H3. The van der Waals surface area contributed by atoms with Crippen LogP contribution in [0.1, 0.15) is 19.4 Å². The number of hydrogen-bond donors (Lipinski definition) is 1. The van der Waals surface area contributed by atoms with E-state index in [1.807, 2.05) is 24.3 Å². The van der Waals surface area contributed by atoms with Crippen LogP contribution in [0.3, 0.4) is 0 Å². The Morgan fingerprint density at radius 2 is 2.26 bits per heavy atom. The highest BCUT2D eigenvalue weighted by molar-refractivity contribution is 8.00. The van der Waals surface area contributed by atoms with E-state index in [4.69, 9.17) is 10.5 Å². The summed E-state index contributed by atoms with van der Waals surface area (Å²) in [4.78, 5) is 2.49. The summed E-state index contributed by atoms with van der Waals surface area (Å²) in [5, 5.41) is 0. The van der Waals surface area contributed by atoms with Crippen LogP contribution >= 0.6 is 11.8 Å². The maximum Gasteiger partial charge on any atom is 0.119 e. The first-order valence-electron chi connectivity index (χ1n) is 6.87. The minimum absolute atomic E-state index is 0.373. The highest BCUT2D eigenvalue weighted by atomic mass is 32.2. The molecule has 1 aromatic carbocycles. The van der Waals surface area contributed by atoms with Gasteiger partial charge in [-0.15, -0.1) is 0 Å². The average molecular weight is 280 g/mol. The minimum Gasteiger partial charge on any atom is -0.492 e. The Kier molecular flexibility index (Phi) is 5.13. The smallest absolute Gasteiger partial charge is 0.119 e. The first-order valence-corrected chi connectivity index (χ1v) is 7.86. The van der Waals surface area contributed by atoms with E-state index in [2.05, 4.69) is 30.5 Å². The van der Waals surface area contributed by atoms with Crippen molar-refractivity contribution in [1.82, 2.24) is 4.90 Å². The van der Waals surface area contributed by atoms with Gasteiger partial charge in [-0.3, -0.25) is 4.90 Å². The molecule has 0 atom stereocenters. The summed E-state index contributed by atoms with van der Waals surface area (Å²) in [5.74, 6) is 2.14. The quantitative estimate of drug-likeness (QED) is 0.898. The van der Waals surface area contributed by atoms with Crippen molar-refractivity contribution in [3.05, 3.63) is 29.8 Å². The van der Waals surface area contributed by atoms with Crippen LogP contribution in [0, 0.1) is 0 Å². The summed E-state index contributed by atoms with van der Waals surface area (Å²) in [6.45, 7) is 9.25. The predicted molar refractivity (Wildman–Crippen MR) is 82.8 cm³/mol. The maximum absolute atomic E-state index is 5.82. The summed E-state index contributed by atoms with van der Waals surface area (Å²) >= 11 is 2.06. The fourth-order valence-electron chi connectivity index (χ4n) is 2.36. The van der Waals surface area contributed by atoms with Crippen molar-refractivity contribution in [2.45, 2.75) is 25.1 Å². The lowest BCUT2D eigenvalue weighted by atomic mass is 10.2. The van der Waals surface area contributed by atoms with Crippen molar-refractivity contribution in [1.29, 1.82) is 0 Å². The molecule has 0 aliphatic carbocycles. The second-order valence-corrected chi connectivity index (χ2v) is 7.39. The highest BCUT2D eigenvalue weighted by Crippen LogP contribution is 2.29. The molecule has 106 valence electrons. The summed E-state index contributed by atoms with van der Waals surface area (Å²) in [6, 6.07) is 8.04. The van der Waals surface area contributed by atoms with E-state index in [1.54, 1.807) is 0 Å². The summed E-state index contributed by atoms with van der Waals surface area (Å²) in [7, 11) is 0. The van der Waals surface area contributed by atoms with Gasteiger partial charge < -0.3 is 10.5 Å². The number of nitrogens with zero attached hydrogens (tertiary/aromatic N) is 1. The largest absolute Gasteiger partial charge is 0.492 e. The SMILES string of the molecule is CC1(C)CN(CCOc2cccc(CN)c2)CCS1. The fourth-order valence-corrected chi connectivity index (χ4v) is 3.54. The van der Waals surface area contributed by atoms with Crippen molar-refractivity contribution in [3.8, 4) is 5.75 Å². The monoisotopic (exact) mass is 280 g/mol. The molecule has 0 bridgehead atoms. The van der Waals surface area contributed by atoms with E-state index in [1.165, 1.54) is 12.3 Å². The molecule has 0 spiro atoms. The molecule has 2 N–H and O–H groups in total. The number of hydrogen-bond acceptors (Lipinski definition) is 4. The molecule has 1 aliphatic heterocycles. The van der Waals surface area contributed by atoms with Crippen molar-refractivity contribution in [3.63, 3.8) is 0 Å². The highest BCUT2D eigenvalue weighted by Gasteiger charge is 2.26. The Bertz CT molecular complexity index is 409. The lowest BCUT2D eigenvalue weighted by Crippen LogP contribution is -2.44. The maximum atomic E-state index is 5.82. The Morgan fingerprint density at radius 3 is 3.00 bits per heavy atom. The molecule has 1 heterocycles. The lowest BCUT2D eigenvalue weighted by Gasteiger charge is -2.37. The van der Waals surface area contributed by atoms with Gasteiger partial charge in [-0.05, 0) is 31.5 Å². The third-order valence-electron chi connectivity index (χ3n) is 3.32. The Hall–Kier alpha value is -0.710. The van der Waals surface area contributed by atoms with Crippen molar-refractivity contribution >= 4 is 11.8 Å². The molecule has 0 unspecified atom stereocenters. The van der Waals surface area contributed by atoms with Gasteiger partial charge in [-0.1, -0.05) is 12.1 Å². The van der Waals surface area contributed by atoms with E-state index in [-0.39, 0.29) is 0 Å². The van der Waals surface area contributed by atoms with E-state index in [9.17, 15) is 0 Å². The topological polar surface area (TPSA) is 38.5 Å². The van der Waals surface area contributed by atoms with Gasteiger partial charge in [-0.25, -0.2) is 0 Å². The summed E-state index contributed by atoms with van der Waals surface area (Å²) in [5.41, 5.74) is 6.75. The van der Waals surface area contributed by atoms with Crippen molar-refractivity contribution in [2.75, 3.05) is 32.0 Å². The van der Waals surface area contributed by atoms with Gasteiger partial charge in [0.05, 0.1) is 0 Å². The zero-order valence-electron chi connectivity index (χ0n) is 11.9. The van der Waals surface area contributed by atoms with E-state index in [0.29, 0.717) is 11.3 Å². The van der Waals surface area contributed by atoms with Crippen LogP contribution in [0.5, 0.6) is 5.75 Å². The molecule has 4 heteroatoms. The zero-order valence-corrected chi connectivity index (χ0v) is 12.7. The van der Waals surface area contributed by atoms with Crippen LogP contribution in [0.4, 0.5) is 0 Å². The molecule has 0 radical (unpaired) electrons. The molecular formula is C15H24N2OS. The third kappa shape index (κ3) is 4.71. The lowest BCUT2D eigenvalue weighted by molar-refractivity contribution is 0.202. The predicted octanol–water partition coefficient (Wildman–Crippen LogP) is 2.35. The number of benzene rings is 1. The minimum atomic E-state index is 0.373. The molecule has 2 rings (SSSR count). The average Bonchev–Trinajstić information content (AvgIpc) is 2.38. The molecule has 3 nitrogen and oxygen atoms in total. The molecule has 0 amide bonds. The number of rotatable bonds is 5. The molecule has 0 aromatic heterocycles. The second-order valence-electron chi connectivity index (χ2n) is 5.58. The summed E-state index contributed by atoms with van der Waals surface area (Å²) in [6.07, 6.45) is 0. The number of ether oxygens (including phenoxy) is 1. The van der Waals surface area contributed by atoms with Gasteiger partial charge >= 0.3 is 0 Å². The van der Waals surface area contributed by atoms with Crippen LogP contribution in [0.2, 0.25) is 0 Å². The normalized spacial score (nSPS) is 19.3. The van der Waals surface area contributed by atoms with Crippen LogP contribution in [-0.2, 0) is 6.54 Å². The van der Waals surface area contributed by atoms with Crippen LogP contribution in [-0.4, -0.2) is 41.6 Å². The van der Waals surface area contributed by atoms with Gasteiger partial charge in [0.2, 0.25) is 0 Å². The van der Waals surface area contributed by atoms with Crippen molar-refractivity contribution < 1.29 is 4.74 Å². The van der Waals surface area contributed by atoms with E-state index >= 15 is 0 Å². The third-order valence-corrected chi connectivity index (χ3v) is 4.61. The van der Waals surface area contributed by atoms with Gasteiger partial charge in [0, 0.05) is 36.7 Å².